The van der Waals surface area contributed by atoms with E-state index in [1.165, 1.54) is 14.2 Å². The maximum absolute atomic E-state index is 9.73. The fourth-order valence-electron chi connectivity index (χ4n) is 1.46. The fraction of sp³-hybridized carbons (Fsp3) is 0.364. The summed E-state index contributed by atoms with van der Waals surface area (Å²) in [5.41, 5.74) is 11.3. The standard InChI is InChI=1S/C11H18N4O3/c1-17-8-5-7(3-4-14-15-11(12)13)6-9(18-2)10(8)16/h5-6,14,16H,3-4H2,1-2H3,(H4,12,13,15). The minimum absolute atomic E-state index is 0.0152. The molecule has 0 aliphatic carbocycles. The van der Waals surface area contributed by atoms with Gasteiger partial charge in [0.1, 0.15) is 0 Å². The van der Waals surface area contributed by atoms with Crippen molar-refractivity contribution in [1.82, 2.24) is 10.9 Å². The molecule has 0 bridgehead atoms. The number of hydrogen-bond acceptors (Lipinski definition) is 5. The summed E-state index contributed by atoms with van der Waals surface area (Å²) in [6, 6.07) is 3.46. The molecule has 0 saturated heterocycles. The highest BCUT2D eigenvalue weighted by Gasteiger charge is 2.10. The van der Waals surface area contributed by atoms with Gasteiger partial charge in [0.15, 0.2) is 17.5 Å². The number of ether oxygens (including phenoxy) is 2. The summed E-state index contributed by atoms with van der Waals surface area (Å²) in [7, 11) is 2.96. The number of nitrogens with two attached hydrogens (primary N) is 1. The van der Waals surface area contributed by atoms with Crippen LogP contribution in [0.4, 0.5) is 0 Å². The monoisotopic (exact) mass is 254 g/mol. The van der Waals surface area contributed by atoms with Crippen LogP contribution in [-0.4, -0.2) is 31.8 Å². The van der Waals surface area contributed by atoms with E-state index in [0.717, 1.165) is 5.56 Å². The van der Waals surface area contributed by atoms with Crippen LogP contribution in [0.2, 0.25) is 0 Å². The molecule has 0 amide bonds. The van der Waals surface area contributed by atoms with E-state index in [4.69, 9.17) is 20.6 Å². The first-order valence-electron chi connectivity index (χ1n) is 5.35. The van der Waals surface area contributed by atoms with Crippen molar-refractivity contribution in [2.45, 2.75) is 6.42 Å². The molecule has 0 aliphatic heterocycles. The maximum atomic E-state index is 9.73. The summed E-state index contributed by atoms with van der Waals surface area (Å²) in [6.07, 6.45) is 0.660. The summed E-state index contributed by atoms with van der Waals surface area (Å²) in [5.74, 6) is 0.571. The summed E-state index contributed by atoms with van der Waals surface area (Å²) in [5, 5.41) is 16.7. The van der Waals surface area contributed by atoms with Crippen LogP contribution in [0.5, 0.6) is 17.2 Å². The van der Waals surface area contributed by atoms with Crippen LogP contribution in [0.3, 0.4) is 0 Å². The Kier molecular flexibility index (Phi) is 5.06. The molecule has 7 heteroatoms. The van der Waals surface area contributed by atoms with E-state index in [0.29, 0.717) is 24.5 Å². The minimum atomic E-state index is -0.143. The van der Waals surface area contributed by atoms with Gasteiger partial charge in [0, 0.05) is 6.54 Å². The van der Waals surface area contributed by atoms with Crippen LogP contribution in [0, 0.1) is 5.41 Å². The molecule has 100 valence electrons. The SMILES string of the molecule is COc1cc(CCNNC(=N)N)cc(OC)c1O. The van der Waals surface area contributed by atoms with E-state index in [2.05, 4.69) is 10.9 Å². The Morgan fingerprint density at radius 3 is 2.33 bits per heavy atom. The smallest absolute Gasteiger partial charge is 0.200 e. The highest BCUT2D eigenvalue weighted by atomic mass is 16.5. The first kappa shape index (κ1) is 13.9. The molecular weight excluding hydrogens is 236 g/mol. The fourth-order valence-corrected chi connectivity index (χ4v) is 1.46. The van der Waals surface area contributed by atoms with E-state index in [-0.39, 0.29) is 11.7 Å². The molecule has 6 N–H and O–H groups in total. The van der Waals surface area contributed by atoms with Gasteiger partial charge in [-0.1, -0.05) is 0 Å². The highest BCUT2D eigenvalue weighted by molar-refractivity contribution is 5.73. The molecule has 0 aliphatic rings. The van der Waals surface area contributed by atoms with E-state index in [1.807, 2.05) is 0 Å². The van der Waals surface area contributed by atoms with Crippen molar-refractivity contribution in [2.75, 3.05) is 20.8 Å². The lowest BCUT2D eigenvalue weighted by Gasteiger charge is -2.11. The number of benzene rings is 1. The zero-order chi connectivity index (χ0) is 13.5. The Labute approximate surface area is 105 Å². The number of phenolic OH excluding ortho intramolecular Hbond substituents is 1. The Bertz CT molecular complexity index is 398. The van der Waals surface area contributed by atoms with Crippen LogP contribution in [0.15, 0.2) is 12.1 Å². The molecule has 1 aromatic rings. The van der Waals surface area contributed by atoms with Crippen molar-refractivity contribution in [3.63, 3.8) is 0 Å². The molecule has 0 saturated carbocycles. The molecule has 18 heavy (non-hydrogen) atoms. The Balaban J connectivity index is 2.68. The average molecular weight is 254 g/mol. The number of aromatic hydroxyl groups is 1. The van der Waals surface area contributed by atoms with Crippen molar-refractivity contribution in [3.8, 4) is 17.2 Å². The van der Waals surface area contributed by atoms with Crippen LogP contribution in [0.1, 0.15) is 5.56 Å². The molecule has 7 nitrogen and oxygen atoms in total. The van der Waals surface area contributed by atoms with Crippen LogP contribution < -0.4 is 26.1 Å². The second-order valence-corrected chi connectivity index (χ2v) is 3.56. The minimum Gasteiger partial charge on any atom is -0.502 e. The second-order valence-electron chi connectivity index (χ2n) is 3.56. The van der Waals surface area contributed by atoms with Crippen LogP contribution in [0.25, 0.3) is 0 Å². The number of guanidine groups is 1. The molecule has 0 heterocycles. The Hall–Kier alpha value is -2.15. The van der Waals surface area contributed by atoms with E-state index >= 15 is 0 Å². The van der Waals surface area contributed by atoms with Gasteiger partial charge < -0.3 is 20.3 Å². The lowest BCUT2D eigenvalue weighted by molar-refractivity contribution is 0.339. The number of rotatable bonds is 6. The Morgan fingerprint density at radius 1 is 1.33 bits per heavy atom. The number of phenols is 1. The van der Waals surface area contributed by atoms with Gasteiger partial charge in [-0.25, -0.2) is 5.43 Å². The van der Waals surface area contributed by atoms with Crippen molar-refractivity contribution in [2.24, 2.45) is 5.73 Å². The second kappa shape index (κ2) is 6.55. The van der Waals surface area contributed by atoms with Crippen molar-refractivity contribution >= 4 is 5.96 Å². The third-order valence-electron chi connectivity index (χ3n) is 2.30. The number of methoxy groups -OCH3 is 2. The summed E-state index contributed by atoms with van der Waals surface area (Å²) >= 11 is 0. The van der Waals surface area contributed by atoms with Gasteiger partial charge in [-0.05, 0) is 24.1 Å². The van der Waals surface area contributed by atoms with Crippen molar-refractivity contribution in [1.29, 1.82) is 5.41 Å². The van der Waals surface area contributed by atoms with Gasteiger partial charge in [-0.2, -0.15) is 0 Å². The topological polar surface area (TPSA) is 113 Å². The molecule has 0 aromatic heterocycles. The predicted octanol–water partition coefficient (Wildman–Crippen LogP) is -0.0604. The highest BCUT2D eigenvalue weighted by Crippen LogP contribution is 2.37. The predicted molar refractivity (Wildman–Crippen MR) is 68.0 cm³/mol. The zero-order valence-electron chi connectivity index (χ0n) is 10.4. The van der Waals surface area contributed by atoms with Gasteiger partial charge in [-0.15, -0.1) is 0 Å². The molecule has 1 rings (SSSR count). The molecular formula is C11H18N4O3. The molecule has 0 unspecified atom stereocenters. The first-order valence-corrected chi connectivity index (χ1v) is 5.35. The van der Waals surface area contributed by atoms with E-state index in [1.54, 1.807) is 12.1 Å². The third-order valence-corrected chi connectivity index (χ3v) is 2.30. The van der Waals surface area contributed by atoms with Crippen molar-refractivity contribution in [3.05, 3.63) is 17.7 Å². The molecule has 0 spiro atoms. The first-order chi connectivity index (χ1) is 8.58. The molecule has 0 fully saturated rings. The lowest BCUT2D eigenvalue weighted by atomic mass is 10.1. The molecule has 0 radical (unpaired) electrons. The van der Waals surface area contributed by atoms with Gasteiger partial charge in [0.25, 0.3) is 0 Å². The number of hydrogen-bond donors (Lipinski definition) is 5. The number of hydrazine groups is 1. The summed E-state index contributed by atoms with van der Waals surface area (Å²) in [6.45, 7) is 0.566. The number of nitrogens with one attached hydrogen (secondary N) is 3. The zero-order valence-corrected chi connectivity index (χ0v) is 10.4. The van der Waals surface area contributed by atoms with Gasteiger partial charge in [0.05, 0.1) is 14.2 Å². The van der Waals surface area contributed by atoms with Gasteiger partial charge in [-0.3, -0.25) is 10.8 Å². The lowest BCUT2D eigenvalue weighted by Crippen LogP contribution is -2.42. The molecule has 0 atom stereocenters. The van der Waals surface area contributed by atoms with E-state index in [9.17, 15) is 5.11 Å². The van der Waals surface area contributed by atoms with E-state index < -0.39 is 0 Å². The normalized spacial score (nSPS) is 9.89. The maximum Gasteiger partial charge on any atom is 0.200 e. The van der Waals surface area contributed by atoms with Gasteiger partial charge >= 0.3 is 0 Å². The average Bonchev–Trinajstić information content (AvgIpc) is 2.35. The Morgan fingerprint density at radius 2 is 1.89 bits per heavy atom. The largest absolute Gasteiger partial charge is 0.502 e. The third kappa shape index (κ3) is 3.70. The summed E-state index contributed by atoms with van der Waals surface area (Å²) < 4.78 is 10.1. The van der Waals surface area contributed by atoms with Crippen LogP contribution >= 0.6 is 0 Å². The van der Waals surface area contributed by atoms with Gasteiger partial charge in [0.2, 0.25) is 5.75 Å². The molecule has 1 aromatic carbocycles. The quantitative estimate of drug-likeness (QED) is 0.210. The summed E-state index contributed by atoms with van der Waals surface area (Å²) in [4.78, 5) is 0. The van der Waals surface area contributed by atoms with Crippen molar-refractivity contribution < 1.29 is 14.6 Å². The van der Waals surface area contributed by atoms with Crippen LogP contribution in [-0.2, 0) is 6.42 Å².